The van der Waals surface area contributed by atoms with Crippen LogP contribution in [0, 0.1) is 0 Å². The molecule has 2 aromatic carbocycles. The Bertz CT molecular complexity index is 695. The molecular weight excluding hydrogens is 271 g/mol. The van der Waals surface area contributed by atoms with E-state index < -0.39 is 17.6 Å². The molecule has 1 aliphatic heterocycles. The van der Waals surface area contributed by atoms with E-state index in [1.807, 2.05) is 0 Å². The van der Waals surface area contributed by atoms with Crippen molar-refractivity contribution in [3.05, 3.63) is 53.6 Å². The van der Waals surface area contributed by atoms with Crippen LogP contribution in [-0.2, 0) is 6.18 Å². The van der Waals surface area contributed by atoms with Gasteiger partial charge in [0.25, 0.3) is 5.91 Å². The molecule has 0 unspecified atom stereocenters. The van der Waals surface area contributed by atoms with Crippen LogP contribution in [0.2, 0.25) is 0 Å². The van der Waals surface area contributed by atoms with Gasteiger partial charge in [-0.15, -0.1) is 0 Å². The molecule has 0 aromatic heterocycles. The lowest BCUT2D eigenvalue weighted by Crippen LogP contribution is -2.10. The van der Waals surface area contributed by atoms with Crippen molar-refractivity contribution in [1.82, 2.24) is 0 Å². The molecule has 102 valence electrons. The molecule has 2 aromatic rings. The third kappa shape index (κ3) is 2.09. The highest BCUT2D eigenvalue weighted by atomic mass is 19.4. The van der Waals surface area contributed by atoms with Crippen LogP contribution in [-0.4, -0.2) is 5.91 Å². The zero-order valence-electron chi connectivity index (χ0n) is 9.99. The fourth-order valence-corrected chi connectivity index (χ4v) is 1.94. The first-order valence-corrected chi connectivity index (χ1v) is 5.74. The number of alkyl halides is 3. The number of rotatable bonds is 0. The molecule has 3 rings (SSSR count). The molecule has 0 atom stereocenters. The highest BCUT2D eigenvalue weighted by Crippen LogP contribution is 2.39. The van der Waals surface area contributed by atoms with Gasteiger partial charge in [-0.2, -0.15) is 13.2 Å². The predicted molar refractivity (Wildman–Crippen MR) is 65.9 cm³/mol. The Balaban J connectivity index is 2.12. The smallest absolute Gasteiger partial charge is 0.416 e. The van der Waals surface area contributed by atoms with E-state index >= 15 is 0 Å². The molecule has 1 amide bonds. The van der Waals surface area contributed by atoms with Crippen LogP contribution in [0.1, 0.15) is 15.9 Å². The first-order chi connectivity index (χ1) is 9.45. The number of carbonyl (C=O) groups excluding carboxylic acids is 1. The molecule has 3 nitrogen and oxygen atoms in total. The van der Waals surface area contributed by atoms with Crippen molar-refractivity contribution >= 4 is 11.6 Å². The summed E-state index contributed by atoms with van der Waals surface area (Å²) < 4.78 is 43.5. The van der Waals surface area contributed by atoms with Gasteiger partial charge in [0.2, 0.25) is 0 Å². The second kappa shape index (κ2) is 4.26. The summed E-state index contributed by atoms with van der Waals surface area (Å²) in [5, 5.41) is 2.53. The van der Waals surface area contributed by atoms with Crippen molar-refractivity contribution in [3.8, 4) is 11.5 Å². The van der Waals surface area contributed by atoms with Crippen molar-refractivity contribution < 1.29 is 22.7 Å². The summed E-state index contributed by atoms with van der Waals surface area (Å²) in [6.45, 7) is 0. The molecule has 6 heteroatoms. The number of hydrogen-bond donors (Lipinski definition) is 1. The molecule has 20 heavy (non-hydrogen) atoms. The molecular formula is C14H8F3NO2. The number of fused-ring (bicyclic) bond motifs is 2. The van der Waals surface area contributed by atoms with Gasteiger partial charge >= 0.3 is 6.18 Å². The van der Waals surface area contributed by atoms with Gasteiger partial charge in [-0.3, -0.25) is 4.79 Å². The Morgan fingerprint density at radius 2 is 1.75 bits per heavy atom. The third-order valence-corrected chi connectivity index (χ3v) is 2.91. The van der Waals surface area contributed by atoms with Crippen molar-refractivity contribution in [3.63, 3.8) is 0 Å². The Kier molecular flexibility index (Phi) is 2.67. The van der Waals surface area contributed by atoms with Crippen molar-refractivity contribution in [2.45, 2.75) is 6.18 Å². The quantitative estimate of drug-likeness (QED) is 0.789. The minimum atomic E-state index is -4.46. The molecule has 0 spiro atoms. The number of benzene rings is 2. The maximum Gasteiger partial charge on any atom is 0.416 e. The van der Waals surface area contributed by atoms with Crippen LogP contribution in [0.3, 0.4) is 0 Å². The number of halogens is 3. The number of carbonyl (C=O) groups is 1. The lowest BCUT2D eigenvalue weighted by atomic mass is 10.2. The number of anilines is 1. The minimum absolute atomic E-state index is 0.0295. The Hall–Kier alpha value is -2.50. The van der Waals surface area contributed by atoms with Gasteiger partial charge in [0.05, 0.1) is 16.8 Å². The molecule has 0 saturated carbocycles. The fraction of sp³-hybridized carbons (Fsp3) is 0.0714. The van der Waals surface area contributed by atoms with E-state index in [0.29, 0.717) is 0 Å². The lowest BCUT2D eigenvalue weighted by Gasteiger charge is -2.11. The van der Waals surface area contributed by atoms with E-state index in [4.69, 9.17) is 4.74 Å². The number of amides is 1. The van der Waals surface area contributed by atoms with Crippen LogP contribution in [0.15, 0.2) is 42.5 Å². The minimum Gasteiger partial charge on any atom is -0.454 e. The van der Waals surface area contributed by atoms with Crippen LogP contribution >= 0.6 is 0 Å². The normalized spacial score (nSPS) is 13.7. The second-order valence-electron chi connectivity index (χ2n) is 4.26. The molecule has 1 heterocycles. The maximum atomic E-state index is 12.7. The molecule has 0 radical (unpaired) electrons. The van der Waals surface area contributed by atoms with Crippen molar-refractivity contribution in [1.29, 1.82) is 0 Å². The molecule has 1 aliphatic rings. The number of nitrogens with one attached hydrogen (secondary N) is 1. The summed E-state index contributed by atoms with van der Waals surface area (Å²) in [6, 6.07) is 9.33. The predicted octanol–water partition coefficient (Wildman–Crippen LogP) is 4.06. The maximum absolute atomic E-state index is 12.7. The van der Waals surface area contributed by atoms with Crippen LogP contribution in [0.5, 0.6) is 11.5 Å². The summed E-state index contributed by atoms with van der Waals surface area (Å²) in [7, 11) is 0. The highest BCUT2D eigenvalue weighted by molar-refractivity contribution is 6.07. The molecule has 0 aliphatic carbocycles. The monoisotopic (exact) mass is 279 g/mol. The first kappa shape index (κ1) is 12.5. The van der Waals surface area contributed by atoms with Crippen LogP contribution in [0.25, 0.3) is 0 Å². The average molecular weight is 279 g/mol. The molecule has 0 bridgehead atoms. The van der Waals surface area contributed by atoms with E-state index in [1.54, 1.807) is 18.2 Å². The largest absolute Gasteiger partial charge is 0.454 e. The van der Waals surface area contributed by atoms with E-state index in [0.717, 1.165) is 12.1 Å². The topological polar surface area (TPSA) is 38.3 Å². The number of ether oxygens (including phenoxy) is 1. The third-order valence-electron chi connectivity index (χ3n) is 2.91. The standard InChI is InChI=1S/C14H8F3NO2/c15-14(16,17)8-5-6-10-12(7-8)20-11-4-2-1-3-9(11)13(19)18-10/h1-7H,(H,18,19). The average Bonchev–Trinajstić information content (AvgIpc) is 2.53. The van der Waals surface area contributed by atoms with Gasteiger partial charge in [-0.05, 0) is 30.3 Å². The van der Waals surface area contributed by atoms with Crippen molar-refractivity contribution in [2.75, 3.05) is 5.32 Å². The fourth-order valence-electron chi connectivity index (χ4n) is 1.94. The van der Waals surface area contributed by atoms with Gasteiger partial charge in [-0.1, -0.05) is 12.1 Å². The van der Waals surface area contributed by atoms with E-state index in [-0.39, 0.29) is 22.7 Å². The highest BCUT2D eigenvalue weighted by Gasteiger charge is 2.32. The molecule has 0 saturated heterocycles. The SMILES string of the molecule is O=C1Nc2ccc(C(F)(F)F)cc2Oc2ccccc21. The summed E-state index contributed by atoms with van der Waals surface area (Å²) in [6.07, 6.45) is -4.46. The summed E-state index contributed by atoms with van der Waals surface area (Å²) in [5.41, 5.74) is -0.346. The zero-order valence-corrected chi connectivity index (χ0v) is 9.99. The summed E-state index contributed by atoms with van der Waals surface area (Å²) in [5.74, 6) is -0.222. The summed E-state index contributed by atoms with van der Waals surface area (Å²) in [4.78, 5) is 11.9. The first-order valence-electron chi connectivity index (χ1n) is 5.74. The number of para-hydroxylation sites is 1. The van der Waals surface area contributed by atoms with Gasteiger partial charge < -0.3 is 10.1 Å². The molecule has 0 fully saturated rings. The van der Waals surface area contributed by atoms with Crippen LogP contribution < -0.4 is 10.1 Å². The molecule has 1 N–H and O–H groups in total. The Morgan fingerprint density at radius 1 is 1.00 bits per heavy atom. The van der Waals surface area contributed by atoms with Crippen LogP contribution in [0.4, 0.5) is 18.9 Å². The van der Waals surface area contributed by atoms with Crippen molar-refractivity contribution in [2.24, 2.45) is 0 Å². The number of hydrogen-bond acceptors (Lipinski definition) is 2. The van der Waals surface area contributed by atoms with Gasteiger partial charge in [0, 0.05) is 0 Å². The van der Waals surface area contributed by atoms with Gasteiger partial charge in [0.1, 0.15) is 5.75 Å². The second-order valence-corrected chi connectivity index (χ2v) is 4.26. The van der Waals surface area contributed by atoms with E-state index in [9.17, 15) is 18.0 Å². The summed E-state index contributed by atoms with van der Waals surface area (Å²) >= 11 is 0. The Morgan fingerprint density at radius 3 is 2.50 bits per heavy atom. The zero-order chi connectivity index (χ0) is 14.3. The van der Waals surface area contributed by atoms with Gasteiger partial charge in [0.15, 0.2) is 5.75 Å². The lowest BCUT2D eigenvalue weighted by molar-refractivity contribution is -0.137. The van der Waals surface area contributed by atoms with Gasteiger partial charge in [-0.25, -0.2) is 0 Å². The van der Waals surface area contributed by atoms with E-state index in [1.165, 1.54) is 12.1 Å². The van der Waals surface area contributed by atoms with E-state index in [2.05, 4.69) is 5.32 Å². The Labute approximate surface area is 112 Å².